The van der Waals surface area contributed by atoms with Crippen LogP contribution in [0.1, 0.15) is 48.8 Å². The summed E-state index contributed by atoms with van der Waals surface area (Å²) < 4.78 is 6.31. The average Bonchev–Trinajstić information content (AvgIpc) is 3.83. The third kappa shape index (κ3) is 9.23. The number of hydrogen-bond donors (Lipinski definition) is 3. The molecule has 0 amide bonds. The maximum absolute atomic E-state index is 6.31. The Balaban J connectivity index is 0.000000449. The fourth-order valence-corrected chi connectivity index (χ4v) is 6.25. The lowest BCUT2D eigenvalue weighted by molar-refractivity contribution is 0.605. The minimum absolute atomic E-state index is 0.822. The minimum atomic E-state index is 0.822. The van der Waals surface area contributed by atoms with Crippen molar-refractivity contribution in [3.05, 3.63) is 210 Å². The van der Waals surface area contributed by atoms with Gasteiger partial charge in [-0.3, -0.25) is 11.7 Å². The zero-order valence-electron chi connectivity index (χ0n) is 31.2. The summed E-state index contributed by atoms with van der Waals surface area (Å²) in [4.78, 5) is 2.25. The van der Waals surface area contributed by atoms with Crippen LogP contribution in [-0.4, -0.2) is 0 Å². The lowest BCUT2D eigenvalue weighted by atomic mass is 9.94. The van der Waals surface area contributed by atoms with Crippen LogP contribution in [0.4, 0.5) is 17.1 Å². The molecule has 0 unspecified atom stereocenters. The van der Waals surface area contributed by atoms with Crippen molar-refractivity contribution in [2.24, 2.45) is 11.7 Å². The Labute approximate surface area is 319 Å². The summed E-state index contributed by atoms with van der Waals surface area (Å²) in [5.74, 6) is 8.87. The first kappa shape index (κ1) is 38.6. The van der Waals surface area contributed by atoms with Crippen molar-refractivity contribution in [1.82, 2.24) is 0 Å². The zero-order valence-corrected chi connectivity index (χ0v) is 31.2. The molecule has 6 N–H and O–H groups in total. The predicted molar refractivity (Wildman–Crippen MR) is 233 cm³/mol. The van der Waals surface area contributed by atoms with Gasteiger partial charge in [-0.1, -0.05) is 130 Å². The summed E-state index contributed by atoms with van der Waals surface area (Å²) in [6, 6.07) is 41.9. The van der Waals surface area contributed by atoms with Gasteiger partial charge in [0, 0.05) is 45.7 Å². The Morgan fingerprint density at radius 2 is 1.46 bits per heavy atom. The first-order valence-electron chi connectivity index (χ1n) is 18.1. The number of nitrogen functional groups attached to an aromatic ring is 1. The molecule has 1 aliphatic carbocycles. The Morgan fingerprint density at radius 3 is 2.15 bits per heavy atom. The van der Waals surface area contributed by atoms with Crippen molar-refractivity contribution < 1.29 is 4.42 Å². The number of nitrogens with two attached hydrogens (primary N) is 3. The van der Waals surface area contributed by atoms with Gasteiger partial charge in [0.1, 0.15) is 11.3 Å². The second kappa shape index (κ2) is 19.3. The SMILES string of the molecule is C=C1/C=C(/C=C\C=C/C)\C=C/N(c2ccc(Cc3ccccc3)cc2)c2ccc(-c3cccc4c5c(oc34)C=C=C5)cc21.CC.NN.Nc1ccccc1. The van der Waals surface area contributed by atoms with Crippen LogP contribution in [-0.2, 0) is 6.42 Å². The van der Waals surface area contributed by atoms with Crippen LogP contribution < -0.4 is 22.3 Å². The third-order valence-electron chi connectivity index (χ3n) is 8.75. The van der Waals surface area contributed by atoms with Gasteiger partial charge < -0.3 is 15.1 Å². The van der Waals surface area contributed by atoms with E-state index in [1.807, 2.05) is 75.4 Å². The molecule has 8 rings (SSSR count). The maximum Gasteiger partial charge on any atom is 0.143 e. The maximum atomic E-state index is 6.31. The van der Waals surface area contributed by atoms with Crippen LogP contribution in [0.2, 0.25) is 0 Å². The number of furan rings is 1. The van der Waals surface area contributed by atoms with Crippen LogP contribution >= 0.6 is 0 Å². The van der Waals surface area contributed by atoms with Crippen molar-refractivity contribution in [2.45, 2.75) is 27.2 Å². The molecule has 2 heterocycles. The van der Waals surface area contributed by atoms with E-state index in [1.165, 1.54) is 11.1 Å². The number of hydrogen-bond acceptors (Lipinski definition) is 5. The number of nitrogens with zero attached hydrogens (tertiary/aromatic N) is 1. The number of benzene rings is 5. The van der Waals surface area contributed by atoms with Gasteiger partial charge in [0.15, 0.2) is 0 Å². The number of para-hydroxylation sites is 2. The number of anilines is 3. The predicted octanol–water partition coefficient (Wildman–Crippen LogP) is 12.2. The molecule has 0 fully saturated rings. The second-order valence-electron chi connectivity index (χ2n) is 12.2. The van der Waals surface area contributed by atoms with Crippen molar-refractivity contribution in [3.8, 4) is 11.1 Å². The number of hydrazine groups is 1. The van der Waals surface area contributed by atoms with E-state index in [0.717, 1.165) is 73.6 Å². The molecule has 5 aromatic carbocycles. The highest BCUT2D eigenvalue weighted by molar-refractivity contribution is 6.01. The lowest BCUT2D eigenvalue weighted by Crippen LogP contribution is -2.12. The third-order valence-corrected chi connectivity index (χ3v) is 8.75. The van der Waals surface area contributed by atoms with Gasteiger partial charge in [-0.25, -0.2) is 0 Å². The first-order valence-corrected chi connectivity index (χ1v) is 18.1. The molecular formula is C49H48N4O. The zero-order chi connectivity index (χ0) is 38.3. The average molecular weight is 709 g/mol. The van der Waals surface area contributed by atoms with Crippen molar-refractivity contribution in [2.75, 3.05) is 10.6 Å². The summed E-state index contributed by atoms with van der Waals surface area (Å²) in [7, 11) is 0. The van der Waals surface area contributed by atoms with E-state index in [4.69, 9.17) is 10.2 Å². The molecule has 2 aliphatic rings. The topological polar surface area (TPSA) is 94.4 Å². The fraction of sp³-hybridized carbons (Fsp3) is 0.0816. The molecule has 54 heavy (non-hydrogen) atoms. The van der Waals surface area contributed by atoms with E-state index in [-0.39, 0.29) is 0 Å². The highest BCUT2D eigenvalue weighted by Gasteiger charge is 2.20. The largest absolute Gasteiger partial charge is 0.455 e. The normalized spacial score (nSPS) is 14.1. The summed E-state index contributed by atoms with van der Waals surface area (Å²) >= 11 is 0. The van der Waals surface area contributed by atoms with Crippen molar-refractivity contribution in [3.63, 3.8) is 0 Å². The molecule has 1 aliphatic heterocycles. The molecule has 5 heteroatoms. The summed E-state index contributed by atoms with van der Waals surface area (Å²) in [5, 5.41) is 1.11. The summed E-state index contributed by atoms with van der Waals surface area (Å²) in [6.45, 7) is 10.6. The van der Waals surface area contributed by atoms with Crippen LogP contribution in [0.15, 0.2) is 186 Å². The van der Waals surface area contributed by atoms with Crippen LogP contribution in [0.3, 0.4) is 0 Å². The van der Waals surface area contributed by atoms with E-state index in [2.05, 4.69) is 150 Å². The molecule has 270 valence electrons. The molecule has 0 bridgehead atoms. The number of rotatable bonds is 6. The van der Waals surface area contributed by atoms with Gasteiger partial charge in [-0.05, 0) is 95.8 Å². The van der Waals surface area contributed by atoms with Gasteiger partial charge >= 0.3 is 0 Å². The second-order valence-corrected chi connectivity index (χ2v) is 12.2. The van der Waals surface area contributed by atoms with Gasteiger partial charge in [0.25, 0.3) is 0 Å². The smallest absolute Gasteiger partial charge is 0.143 e. The molecule has 6 aromatic rings. The summed E-state index contributed by atoms with van der Waals surface area (Å²) in [6.07, 6.45) is 19.5. The summed E-state index contributed by atoms with van der Waals surface area (Å²) in [5.41, 5.74) is 21.3. The monoisotopic (exact) mass is 708 g/mol. The van der Waals surface area contributed by atoms with Crippen molar-refractivity contribution in [1.29, 1.82) is 0 Å². The van der Waals surface area contributed by atoms with E-state index in [0.29, 0.717) is 0 Å². The number of fused-ring (bicyclic) bond motifs is 4. The van der Waals surface area contributed by atoms with E-state index >= 15 is 0 Å². The lowest BCUT2D eigenvalue weighted by Gasteiger charge is -2.26. The van der Waals surface area contributed by atoms with Crippen LogP contribution in [0.5, 0.6) is 0 Å². The molecular weight excluding hydrogens is 661 g/mol. The molecule has 0 saturated heterocycles. The van der Waals surface area contributed by atoms with Gasteiger partial charge in [-0.15, -0.1) is 5.73 Å². The van der Waals surface area contributed by atoms with Crippen molar-refractivity contribution >= 4 is 45.8 Å². The Kier molecular flexibility index (Phi) is 13.8. The van der Waals surface area contributed by atoms with Crippen LogP contribution in [0, 0.1) is 0 Å². The highest BCUT2D eigenvalue weighted by atomic mass is 16.3. The van der Waals surface area contributed by atoms with E-state index in [1.54, 1.807) is 0 Å². The standard InChI is InChI=1S/C41H31NO.C6H7N.C2H6.H4N2/c1-3-4-6-11-31-24-25-42(34-21-18-32(19-22-34)27-30-12-7-5-8-13-30)39-23-20-33(28-38(39)29(2)26-31)35-14-9-16-37-36-15-10-17-40(36)43-41(35)37;7-6-4-2-1-3-5-6;2*1-2/h3-9,11-26,28H,2,27H2,1H3;1-5H,7H2;1-2H3;1-2H2/b4-3-,11-6-,25-24-,31-26-;;;. The van der Waals surface area contributed by atoms with Gasteiger partial charge in [-0.2, -0.15) is 0 Å². The Morgan fingerprint density at radius 1 is 0.759 bits per heavy atom. The molecule has 5 nitrogen and oxygen atoms in total. The van der Waals surface area contributed by atoms with Crippen LogP contribution in [0.25, 0.3) is 39.8 Å². The molecule has 0 spiro atoms. The molecule has 0 atom stereocenters. The fourth-order valence-electron chi connectivity index (χ4n) is 6.25. The van der Waals surface area contributed by atoms with E-state index in [9.17, 15) is 0 Å². The minimum Gasteiger partial charge on any atom is -0.455 e. The number of allylic oxidation sites excluding steroid dienone is 8. The molecule has 1 aromatic heterocycles. The molecule has 0 radical (unpaired) electrons. The Hall–Kier alpha value is -6.62. The Bertz CT molecular complexity index is 2350. The molecule has 0 saturated carbocycles. The van der Waals surface area contributed by atoms with Gasteiger partial charge in [0.2, 0.25) is 0 Å². The quantitative estimate of drug-likeness (QED) is 0.0525. The highest BCUT2D eigenvalue weighted by Crippen LogP contribution is 2.41. The van der Waals surface area contributed by atoms with Gasteiger partial charge in [0.05, 0.1) is 5.69 Å². The first-order chi connectivity index (χ1) is 26.6. The van der Waals surface area contributed by atoms with E-state index < -0.39 is 0 Å².